The maximum absolute atomic E-state index is 12.0. The fourth-order valence-electron chi connectivity index (χ4n) is 3.64. The molecule has 0 aromatic carbocycles. The second-order valence-corrected chi connectivity index (χ2v) is 7.74. The van der Waals surface area contributed by atoms with Gasteiger partial charge in [0.15, 0.2) is 0 Å². The Morgan fingerprint density at radius 3 is 2.00 bits per heavy atom. The van der Waals surface area contributed by atoms with Crippen LogP contribution in [0, 0.1) is 10.8 Å². The lowest BCUT2D eigenvalue weighted by Crippen LogP contribution is -2.51. The maximum atomic E-state index is 12.0. The highest BCUT2D eigenvalue weighted by Gasteiger charge is 2.47. The molecular weight excluding hydrogens is 212 g/mol. The highest BCUT2D eigenvalue weighted by molar-refractivity contribution is 5.89. The van der Waals surface area contributed by atoms with Crippen LogP contribution in [0.15, 0.2) is 0 Å². The number of carbonyl (C=O) groups is 1. The Balaban J connectivity index is 1.99. The molecule has 0 aliphatic heterocycles. The number of nitrogens with two attached hydrogens (primary N) is 1. The van der Waals surface area contributed by atoms with Gasteiger partial charge in [-0.05, 0) is 42.9 Å². The van der Waals surface area contributed by atoms with Crippen LogP contribution in [0.1, 0.15) is 59.8 Å². The minimum Gasteiger partial charge on any atom is -0.352 e. The fraction of sp³-hybridized carbons (Fsp3) is 0.929. The zero-order valence-corrected chi connectivity index (χ0v) is 11.6. The predicted octanol–water partition coefficient (Wildman–Crippen LogP) is 2.20. The van der Waals surface area contributed by atoms with E-state index in [1.807, 2.05) is 0 Å². The molecular formula is C14H26N2O. The summed E-state index contributed by atoms with van der Waals surface area (Å²) in [6.45, 7) is 9.18. The van der Waals surface area contributed by atoms with E-state index >= 15 is 0 Å². The van der Waals surface area contributed by atoms with Gasteiger partial charge in [-0.15, -0.1) is 0 Å². The molecule has 0 unspecified atom stereocenters. The van der Waals surface area contributed by atoms with Crippen LogP contribution in [0.5, 0.6) is 0 Å². The third-order valence-corrected chi connectivity index (χ3v) is 4.13. The molecule has 0 aromatic rings. The van der Waals surface area contributed by atoms with Crippen molar-refractivity contribution in [2.45, 2.75) is 71.4 Å². The number of hydrogen-bond acceptors (Lipinski definition) is 2. The van der Waals surface area contributed by atoms with Gasteiger partial charge in [0.05, 0.1) is 5.54 Å². The Morgan fingerprint density at radius 1 is 1.12 bits per heavy atom. The van der Waals surface area contributed by atoms with Crippen molar-refractivity contribution in [2.75, 3.05) is 0 Å². The average Bonchev–Trinajstić information content (AvgIpc) is 2.78. The Morgan fingerprint density at radius 2 is 1.59 bits per heavy atom. The van der Waals surface area contributed by atoms with Crippen LogP contribution >= 0.6 is 0 Å². The van der Waals surface area contributed by atoms with Gasteiger partial charge in [0.2, 0.25) is 5.91 Å². The standard InChI is InChI=1S/C14H26N2O/c1-12(2)7-10(8-13(3,4)9-12)16-11(17)14(15)5-6-14/h10H,5-9,15H2,1-4H3,(H,16,17). The number of carbonyl (C=O) groups excluding carboxylic acids is 1. The predicted molar refractivity (Wildman–Crippen MR) is 69.5 cm³/mol. The van der Waals surface area contributed by atoms with Gasteiger partial charge in [0.1, 0.15) is 0 Å². The molecule has 98 valence electrons. The van der Waals surface area contributed by atoms with E-state index in [0.29, 0.717) is 16.9 Å². The number of rotatable bonds is 2. The summed E-state index contributed by atoms with van der Waals surface area (Å²) in [5.74, 6) is 0.0657. The molecule has 2 saturated carbocycles. The van der Waals surface area contributed by atoms with Gasteiger partial charge < -0.3 is 11.1 Å². The molecule has 2 aliphatic carbocycles. The average molecular weight is 238 g/mol. The van der Waals surface area contributed by atoms with Crippen molar-refractivity contribution in [3.05, 3.63) is 0 Å². The minimum absolute atomic E-state index is 0.0657. The van der Waals surface area contributed by atoms with Gasteiger partial charge >= 0.3 is 0 Å². The first kappa shape index (κ1) is 12.9. The lowest BCUT2D eigenvalue weighted by molar-refractivity contribution is -0.124. The normalized spacial score (nSPS) is 29.7. The molecule has 0 radical (unpaired) electrons. The maximum Gasteiger partial charge on any atom is 0.240 e. The minimum atomic E-state index is -0.536. The van der Waals surface area contributed by atoms with Crippen molar-refractivity contribution in [1.29, 1.82) is 0 Å². The van der Waals surface area contributed by atoms with E-state index < -0.39 is 5.54 Å². The van der Waals surface area contributed by atoms with E-state index in [0.717, 1.165) is 25.7 Å². The van der Waals surface area contributed by atoms with E-state index in [1.165, 1.54) is 6.42 Å². The Bertz CT molecular complexity index is 313. The Hall–Kier alpha value is -0.570. The molecule has 0 saturated heterocycles. The monoisotopic (exact) mass is 238 g/mol. The summed E-state index contributed by atoms with van der Waals surface area (Å²) >= 11 is 0. The second-order valence-electron chi connectivity index (χ2n) is 7.74. The molecule has 0 spiro atoms. The number of nitrogens with one attached hydrogen (secondary N) is 1. The van der Waals surface area contributed by atoms with Crippen LogP contribution in [0.4, 0.5) is 0 Å². The molecule has 3 nitrogen and oxygen atoms in total. The van der Waals surface area contributed by atoms with E-state index in [9.17, 15) is 4.79 Å². The third-order valence-electron chi connectivity index (χ3n) is 4.13. The Labute approximate surface area is 105 Å². The zero-order valence-electron chi connectivity index (χ0n) is 11.6. The van der Waals surface area contributed by atoms with Crippen molar-refractivity contribution in [1.82, 2.24) is 5.32 Å². The lowest BCUT2D eigenvalue weighted by atomic mass is 9.63. The first-order valence-electron chi connectivity index (χ1n) is 6.72. The van der Waals surface area contributed by atoms with E-state index in [-0.39, 0.29) is 5.91 Å². The van der Waals surface area contributed by atoms with Crippen molar-refractivity contribution < 1.29 is 4.79 Å². The van der Waals surface area contributed by atoms with Crippen LogP contribution < -0.4 is 11.1 Å². The summed E-state index contributed by atoms with van der Waals surface area (Å²) < 4.78 is 0. The first-order valence-corrected chi connectivity index (χ1v) is 6.72. The van der Waals surface area contributed by atoms with Gasteiger partial charge in [0.25, 0.3) is 0 Å². The molecule has 0 bridgehead atoms. The van der Waals surface area contributed by atoms with Crippen LogP contribution in [-0.2, 0) is 4.79 Å². The van der Waals surface area contributed by atoms with Crippen molar-refractivity contribution in [3.63, 3.8) is 0 Å². The van der Waals surface area contributed by atoms with Crippen molar-refractivity contribution >= 4 is 5.91 Å². The molecule has 1 amide bonds. The van der Waals surface area contributed by atoms with Gasteiger partial charge in [-0.1, -0.05) is 27.7 Å². The Kier molecular flexibility index (Phi) is 2.81. The summed E-state index contributed by atoms with van der Waals surface area (Å²) in [4.78, 5) is 12.0. The van der Waals surface area contributed by atoms with E-state index in [4.69, 9.17) is 5.73 Å². The van der Waals surface area contributed by atoms with Crippen molar-refractivity contribution in [3.8, 4) is 0 Å². The van der Waals surface area contributed by atoms with Crippen LogP contribution in [0.25, 0.3) is 0 Å². The fourth-order valence-corrected chi connectivity index (χ4v) is 3.64. The summed E-state index contributed by atoms with van der Waals surface area (Å²) in [7, 11) is 0. The summed E-state index contributed by atoms with van der Waals surface area (Å²) in [5.41, 5.74) is 6.02. The molecule has 2 aliphatic rings. The molecule has 2 rings (SSSR count). The summed E-state index contributed by atoms with van der Waals surface area (Å²) in [6, 6.07) is 0.294. The zero-order chi connectivity index (χ0) is 12.9. The first-order chi connectivity index (χ1) is 7.62. The second kappa shape index (κ2) is 3.71. The van der Waals surface area contributed by atoms with Gasteiger partial charge in [0, 0.05) is 6.04 Å². The molecule has 17 heavy (non-hydrogen) atoms. The van der Waals surface area contributed by atoms with Crippen molar-refractivity contribution in [2.24, 2.45) is 16.6 Å². The van der Waals surface area contributed by atoms with Crippen LogP contribution in [0.2, 0.25) is 0 Å². The quantitative estimate of drug-likeness (QED) is 0.775. The molecule has 3 N–H and O–H groups in total. The molecule has 0 heterocycles. The third kappa shape index (κ3) is 3.01. The molecule has 0 aromatic heterocycles. The summed E-state index contributed by atoms with van der Waals surface area (Å²) in [6.07, 6.45) is 5.05. The molecule has 0 atom stereocenters. The molecule has 2 fully saturated rings. The van der Waals surface area contributed by atoms with E-state index in [1.54, 1.807) is 0 Å². The SMILES string of the molecule is CC1(C)CC(NC(=O)C2(N)CC2)CC(C)(C)C1. The van der Waals surface area contributed by atoms with Gasteiger partial charge in [-0.2, -0.15) is 0 Å². The largest absolute Gasteiger partial charge is 0.352 e. The van der Waals surface area contributed by atoms with Crippen LogP contribution in [-0.4, -0.2) is 17.5 Å². The highest BCUT2D eigenvalue weighted by Crippen LogP contribution is 2.46. The van der Waals surface area contributed by atoms with E-state index in [2.05, 4.69) is 33.0 Å². The van der Waals surface area contributed by atoms with Gasteiger partial charge in [-0.3, -0.25) is 4.79 Å². The lowest BCUT2D eigenvalue weighted by Gasteiger charge is -2.45. The summed E-state index contributed by atoms with van der Waals surface area (Å²) in [5, 5.41) is 3.17. The highest BCUT2D eigenvalue weighted by atomic mass is 16.2. The van der Waals surface area contributed by atoms with Gasteiger partial charge in [-0.25, -0.2) is 0 Å². The molecule has 3 heteroatoms. The number of hydrogen-bond donors (Lipinski definition) is 2. The smallest absolute Gasteiger partial charge is 0.240 e. The number of amides is 1. The van der Waals surface area contributed by atoms with Crippen LogP contribution in [0.3, 0.4) is 0 Å². The topological polar surface area (TPSA) is 55.1 Å².